The van der Waals surface area contributed by atoms with Crippen molar-refractivity contribution >= 4 is 17.6 Å². The van der Waals surface area contributed by atoms with Crippen molar-refractivity contribution in [1.82, 2.24) is 0 Å². The third-order valence-electron chi connectivity index (χ3n) is 2.60. The molecule has 0 heterocycles. The van der Waals surface area contributed by atoms with E-state index in [4.69, 9.17) is 9.84 Å². The average molecular weight is 265 g/mol. The Kier molecular flexibility index (Phi) is 5.36. The standard InChI is InChI=1S/C14H19NO4/c1-9-7-12(15-6-4-5-13(17)18)8-10(2)14(9)19-11(3)16/h7-8,15H,4-6H2,1-3H3,(H,17,18). The minimum Gasteiger partial charge on any atom is -0.481 e. The van der Waals surface area contributed by atoms with Gasteiger partial charge in [-0.25, -0.2) is 0 Å². The molecule has 0 aliphatic carbocycles. The lowest BCUT2D eigenvalue weighted by atomic mass is 10.1. The van der Waals surface area contributed by atoms with E-state index in [1.54, 1.807) is 0 Å². The fourth-order valence-electron chi connectivity index (χ4n) is 1.83. The molecule has 2 N–H and O–H groups in total. The van der Waals surface area contributed by atoms with Crippen molar-refractivity contribution in [3.8, 4) is 5.75 Å². The second kappa shape index (κ2) is 6.78. The molecule has 0 atom stereocenters. The Morgan fingerprint density at radius 1 is 1.26 bits per heavy atom. The number of hydrogen-bond acceptors (Lipinski definition) is 4. The van der Waals surface area contributed by atoms with Crippen LogP contribution in [0.1, 0.15) is 30.9 Å². The van der Waals surface area contributed by atoms with E-state index in [-0.39, 0.29) is 12.4 Å². The highest BCUT2D eigenvalue weighted by Crippen LogP contribution is 2.27. The molecule has 5 heteroatoms. The number of benzene rings is 1. The zero-order valence-corrected chi connectivity index (χ0v) is 11.4. The molecule has 5 nitrogen and oxygen atoms in total. The van der Waals surface area contributed by atoms with Gasteiger partial charge in [-0.05, 0) is 43.5 Å². The molecule has 0 fully saturated rings. The predicted octanol–water partition coefficient (Wildman–Crippen LogP) is 2.51. The SMILES string of the molecule is CC(=O)Oc1c(C)cc(NCCCC(=O)O)cc1C. The van der Waals surface area contributed by atoms with Crippen molar-refractivity contribution in [2.45, 2.75) is 33.6 Å². The van der Waals surface area contributed by atoms with Gasteiger partial charge < -0.3 is 15.2 Å². The van der Waals surface area contributed by atoms with E-state index in [1.807, 2.05) is 26.0 Å². The van der Waals surface area contributed by atoms with Crippen LogP contribution in [0.15, 0.2) is 12.1 Å². The van der Waals surface area contributed by atoms with Crippen LogP contribution < -0.4 is 10.1 Å². The molecule has 1 aromatic rings. The first-order chi connectivity index (χ1) is 8.90. The minimum absolute atomic E-state index is 0.149. The number of rotatable bonds is 6. The third-order valence-corrected chi connectivity index (χ3v) is 2.60. The number of aryl methyl sites for hydroxylation is 2. The molecule has 0 bridgehead atoms. The van der Waals surface area contributed by atoms with E-state index in [0.29, 0.717) is 18.7 Å². The predicted molar refractivity (Wildman–Crippen MR) is 72.6 cm³/mol. The number of aliphatic carboxylic acids is 1. The highest BCUT2D eigenvalue weighted by molar-refractivity contribution is 5.71. The summed E-state index contributed by atoms with van der Waals surface area (Å²) in [5.41, 5.74) is 2.64. The number of carbonyl (C=O) groups excluding carboxylic acids is 1. The normalized spacial score (nSPS) is 10.1. The highest BCUT2D eigenvalue weighted by Gasteiger charge is 2.08. The Bertz CT molecular complexity index is 459. The zero-order chi connectivity index (χ0) is 14.4. The first-order valence-corrected chi connectivity index (χ1v) is 6.15. The molecule has 0 aliphatic rings. The number of carboxylic acid groups (broad SMARTS) is 1. The summed E-state index contributed by atoms with van der Waals surface area (Å²) >= 11 is 0. The lowest BCUT2D eigenvalue weighted by Gasteiger charge is -2.13. The van der Waals surface area contributed by atoms with Crippen molar-refractivity contribution in [3.05, 3.63) is 23.3 Å². The van der Waals surface area contributed by atoms with Gasteiger partial charge in [0.15, 0.2) is 0 Å². The highest BCUT2D eigenvalue weighted by atomic mass is 16.5. The van der Waals surface area contributed by atoms with Crippen LogP contribution in [0.25, 0.3) is 0 Å². The summed E-state index contributed by atoms with van der Waals surface area (Å²) in [6, 6.07) is 3.76. The molecular weight excluding hydrogens is 246 g/mol. The fourth-order valence-corrected chi connectivity index (χ4v) is 1.83. The van der Waals surface area contributed by atoms with E-state index in [9.17, 15) is 9.59 Å². The molecule has 0 spiro atoms. The zero-order valence-electron chi connectivity index (χ0n) is 11.4. The smallest absolute Gasteiger partial charge is 0.308 e. The van der Waals surface area contributed by atoms with Gasteiger partial charge >= 0.3 is 11.9 Å². The van der Waals surface area contributed by atoms with E-state index >= 15 is 0 Å². The van der Waals surface area contributed by atoms with Crippen LogP contribution in [0.3, 0.4) is 0 Å². The van der Waals surface area contributed by atoms with Gasteiger partial charge in [-0.15, -0.1) is 0 Å². The summed E-state index contributed by atoms with van der Waals surface area (Å²) in [6.07, 6.45) is 0.718. The second-order valence-corrected chi connectivity index (χ2v) is 4.46. The Morgan fingerprint density at radius 2 is 1.84 bits per heavy atom. The number of esters is 1. The topological polar surface area (TPSA) is 75.6 Å². The molecule has 0 unspecified atom stereocenters. The Morgan fingerprint density at radius 3 is 2.32 bits per heavy atom. The quantitative estimate of drug-likeness (QED) is 0.469. The van der Waals surface area contributed by atoms with Crippen LogP contribution >= 0.6 is 0 Å². The van der Waals surface area contributed by atoms with Crippen molar-refractivity contribution < 1.29 is 19.4 Å². The number of carbonyl (C=O) groups is 2. The number of nitrogens with one attached hydrogen (secondary N) is 1. The van der Waals surface area contributed by atoms with E-state index in [0.717, 1.165) is 16.8 Å². The summed E-state index contributed by atoms with van der Waals surface area (Å²) < 4.78 is 5.14. The summed E-state index contributed by atoms with van der Waals surface area (Å²) in [4.78, 5) is 21.4. The summed E-state index contributed by atoms with van der Waals surface area (Å²) in [7, 11) is 0. The van der Waals surface area contributed by atoms with Crippen molar-refractivity contribution in [2.75, 3.05) is 11.9 Å². The Balaban J connectivity index is 2.67. The first kappa shape index (κ1) is 15.0. The monoisotopic (exact) mass is 265 g/mol. The van der Waals surface area contributed by atoms with Crippen LogP contribution in [0, 0.1) is 13.8 Å². The van der Waals surface area contributed by atoms with E-state index in [1.165, 1.54) is 6.92 Å². The maximum Gasteiger partial charge on any atom is 0.308 e. The maximum atomic E-state index is 11.0. The Labute approximate surface area is 112 Å². The summed E-state index contributed by atoms with van der Waals surface area (Å²) in [5, 5.41) is 11.7. The summed E-state index contributed by atoms with van der Waals surface area (Å²) in [6.45, 7) is 5.70. The van der Waals surface area contributed by atoms with Crippen molar-refractivity contribution in [3.63, 3.8) is 0 Å². The van der Waals surface area contributed by atoms with Gasteiger partial charge in [0.1, 0.15) is 5.75 Å². The largest absolute Gasteiger partial charge is 0.481 e. The number of carboxylic acids is 1. The molecule has 0 amide bonds. The van der Waals surface area contributed by atoms with E-state index < -0.39 is 5.97 Å². The lowest BCUT2D eigenvalue weighted by molar-refractivity contribution is -0.137. The van der Waals surface area contributed by atoms with Crippen LogP contribution in [0.2, 0.25) is 0 Å². The van der Waals surface area contributed by atoms with Crippen LogP contribution in [-0.2, 0) is 9.59 Å². The number of hydrogen-bond donors (Lipinski definition) is 2. The van der Waals surface area contributed by atoms with Gasteiger partial charge in [0, 0.05) is 25.6 Å². The molecule has 0 saturated carbocycles. The van der Waals surface area contributed by atoms with Gasteiger partial charge in [0.05, 0.1) is 0 Å². The maximum absolute atomic E-state index is 11.0. The van der Waals surface area contributed by atoms with Gasteiger partial charge in [-0.1, -0.05) is 0 Å². The van der Waals surface area contributed by atoms with E-state index in [2.05, 4.69) is 5.32 Å². The Hall–Kier alpha value is -2.04. The molecule has 104 valence electrons. The second-order valence-electron chi connectivity index (χ2n) is 4.46. The van der Waals surface area contributed by atoms with Crippen LogP contribution in [-0.4, -0.2) is 23.6 Å². The summed E-state index contributed by atoms with van der Waals surface area (Å²) in [5.74, 6) is -0.545. The molecule has 0 radical (unpaired) electrons. The van der Waals surface area contributed by atoms with Gasteiger partial charge in [0.25, 0.3) is 0 Å². The number of ether oxygens (including phenoxy) is 1. The first-order valence-electron chi connectivity index (χ1n) is 6.15. The average Bonchev–Trinajstić information content (AvgIpc) is 2.29. The fraction of sp³-hybridized carbons (Fsp3) is 0.429. The van der Waals surface area contributed by atoms with Gasteiger partial charge in [-0.3, -0.25) is 9.59 Å². The molecule has 0 aliphatic heterocycles. The van der Waals surface area contributed by atoms with Crippen molar-refractivity contribution in [1.29, 1.82) is 0 Å². The van der Waals surface area contributed by atoms with Gasteiger partial charge in [0.2, 0.25) is 0 Å². The minimum atomic E-state index is -0.792. The molecule has 1 rings (SSSR count). The third kappa shape index (κ3) is 4.99. The lowest BCUT2D eigenvalue weighted by Crippen LogP contribution is -2.07. The molecule has 19 heavy (non-hydrogen) atoms. The van der Waals surface area contributed by atoms with Crippen molar-refractivity contribution in [2.24, 2.45) is 0 Å². The van der Waals surface area contributed by atoms with Crippen LogP contribution in [0.4, 0.5) is 5.69 Å². The molecular formula is C14H19NO4. The number of anilines is 1. The molecule has 1 aromatic carbocycles. The molecule has 0 aromatic heterocycles. The molecule has 0 saturated heterocycles. The van der Waals surface area contributed by atoms with Crippen LogP contribution in [0.5, 0.6) is 5.75 Å². The van der Waals surface area contributed by atoms with Gasteiger partial charge in [-0.2, -0.15) is 0 Å².